The Kier molecular flexibility index (Phi) is 5.54. The van der Waals surface area contributed by atoms with Crippen LogP contribution in [0.5, 0.6) is 0 Å². The van der Waals surface area contributed by atoms with Gasteiger partial charge in [0.05, 0.1) is 6.61 Å². The SMILES string of the molecule is F[B-](F)(F)[C@@H]1C[C@@H]1OCc1ccccc1.[K+]. The molecule has 16 heavy (non-hydrogen) atoms. The molecule has 0 N–H and O–H groups in total. The normalized spacial score (nSPS) is 23.7. The maximum atomic E-state index is 12.2. The van der Waals surface area contributed by atoms with Crippen LogP contribution in [-0.2, 0) is 11.3 Å². The van der Waals surface area contributed by atoms with Crippen molar-refractivity contribution >= 4 is 6.98 Å². The minimum Gasteiger partial charge on any atom is -0.449 e. The second kappa shape index (κ2) is 6.02. The second-order valence-corrected chi connectivity index (χ2v) is 3.86. The van der Waals surface area contributed by atoms with Gasteiger partial charge in [0, 0.05) is 6.10 Å². The molecule has 1 aliphatic carbocycles. The predicted octanol–water partition coefficient (Wildman–Crippen LogP) is 0.197. The number of halogens is 3. The maximum absolute atomic E-state index is 12.2. The third kappa shape index (κ3) is 4.16. The van der Waals surface area contributed by atoms with Crippen LogP contribution < -0.4 is 51.4 Å². The molecule has 1 aromatic rings. The van der Waals surface area contributed by atoms with E-state index in [1.165, 1.54) is 0 Å². The van der Waals surface area contributed by atoms with Gasteiger partial charge in [-0.15, -0.1) is 0 Å². The average Bonchev–Trinajstić information content (AvgIpc) is 2.95. The van der Waals surface area contributed by atoms with Gasteiger partial charge in [0.1, 0.15) is 0 Å². The average molecular weight is 254 g/mol. The summed E-state index contributed by atoms with van der Waals surface area (Å²) in [5, 5.41) is 0. The first-order chi connectivity index (χ1) is 7.07. The summed E-state index contributed by atoms with van der Waals surface area (Å²) < 4.78 is 41.8. The second-order valence-electron chi connectivity index (χ2n) is 3.86. The molecule has 0 heterocycles. The van der Waals surface area contributed by atoms with Crippen LogP contribution >= 0.6 is 0 Å². The Bertz CT molecular complexity index is 331. The monoisotopic (exact) mass is 254 g/mol. The van der Waals surface area contributed by atoms with Crippen molar-refractivity contribution in [2.75, 3.05) is 0 Å². The Labute approximate surface area is 135 Å². The Hall–Kier alpha value is 0.671. The number of hydrogen-bond acceptors (Lipinski definition) is 1. The van der Waals surface area contributed by atoms with E-state index in [1.54, 1.807) is 0 Å². The van der Waals surface area contributed by atoms with Crippen LogP contribution in [0.4, 0.5) is 12.9 Å². The maximum Gasteiger partial charge on any atom is 1.00 e. The first-order valence-corrected chi connectivity index (χ1v) is 4.93. The van der Waals surface area contributed by atoms with Crippen molar-refractivity contribution in [3.8, 4) is 0 Å². The standard InChI is InChI=1S/C10H11BF3O.K/c12-11(13,14)9-6-10(9)15-7-8-4-2-1-3-5-8;/h1-5,9-10H,6-7H2;/q-1;+1/t9-,10+;/m1./s1. The molecule has 0 radical (unpaired) electrons. The number of rotatable bonds is 4. The summed E-state index contributed by atoms with van der Waals surface area (Å²) >= 11 is 0. The zero-order valence-electron chi connectivity index (χ0n) is 9.08. The van der Waals surface area contributed by atoms with Crippen LogP contribution in [0.1, 0.15) is 12.0 Å². The van der Waals surface area contributed by atoms with Crippen LogP contribution in [0.3, 0.4) is 0 Å². The molecule has 2 atom stereocenters. The van der Waals surface area contributed by atoms with Crippen LogP contribution in [0, 0.1) is 0 Å². The molecular weight excluding hydrogens is 243 g/mol. The molecule has 1 nitrogen and oxygen atoms in total. The minimum atomic E-state index is -4.71. The van der Waals surface area contributed by atoms with Crippen molar-refractivity contribution in [3.05, 3.63) is 35.9 Å². The fourth-order valence-electron chi connectivity index (χ4n) is 1.56. The molecule has 1 aliphatic rings. The van der Waals surface area contributed by atoms with Gasteiger partial charge in [0.2, 0.25) is 0 Å². The van der Waals surface area contributed by atoms with Crippen LogP contribution in [0.25, 0.3) is 0 Å². The molecule has 0 saturated heterocycles. The van der Waals surface area contributed by atoms with Gasteiger partial charge in [-0.05, 0) is 17.8 Å². The van der Waals surface area contributed by atoms with Gasteiger partial charge < -0.3 is 17.7 Å². The van der Waals surface area contributed by atoms with E-state index in [0.717, 1.165) is 5.56 Å². The Morgan fingerprint density at radius 1 is 1.19 bits per heavy atom. The van der Waals surface area contributed by atoms with E-state index < -0.39 is 18.9 Å². The molecule has 1 aromatic carbocycles. The number of benzene rings is 1. The first-order valence-electron chi connectivity index (χ1n) is 4.93. The van der Waals surface area contributed by atoms with Gasteiger partial charge in [0.15, 0.2) is 0 Å². The third-order valence-electron chi connectivity index (χ3n) is 2.57. The third-order valence-corrected chi connectivity index (χ3v) is 2.57. The zero-order valence-corrected chi connectivity index (χ0v) is 12.2. The van der Waals surface area contributed by atoms with Crippen molar-refractivity contribution in [2.45, 2.75) is 24.9 Å². The summed E-state index contributed by atoms with van der Waals surface area (Å²) in [5.41, 5.74) is 0.915. The fourth-order valence-corrected chi connectivity index (χ4v) is 1.56. The molecule has 0 amide bonds. The van der Waals surface area contributed by atoms with E-state index in [9.17, 15) is 12.9 Å². The fraction of sp³-hybridized carbons (Fsp3) is 0.400. The first kappa shape index (κ1) is 14.7. The van der Waals surface area contributed by atoms with Gasteiger partial charge in [-0.1, -0.05) is 30.3 Å². The van der Waals surface area contributed by atoms with Crippen LogP contribution in [0.15, 0.2) is 30.3 Å². The molecule has 0 unspecified atom stereocenters. The molecule has 1 saturated carbocycles. The van der Waals surface area contributed by atoms with Gasteiger partial charge in [-0.25, -0.2) is 0 Å². The van der Waals surface area contributed by atoms with Gasteiger partial charge in [-0.3, -0.25) is 0 Å². The molecule has 6 heteroatoms. The van der Waals surface area contributed by atoms with E-state index in [-0.39, 0.29) is 64.4 Å². The molecule has 0 aliphatic heterocycles. The Balaban J connectivity index is 0.00000128. The van der Waals surface area contributed by atoms with Crippen molar-refractivity contribution in [1.82, 2.24) is 0 Å². The van der Waals surface area contributed by atoms with E-state index in [2.05, 4.69) is 0 Å². The van der Waals surface area contributed by atoms with E-state index in [4.69, 9.17) is 4.74 Å². The Morgan fingerprint density at radius 3 is 2.31 bits per heavy atom. The molecule has 82 valence electrons. The van der Waals surface area contributed by atoms with Crippen molar-refractivity contribution in [1.29, 1.82) is 0 Å². The van der Waals surface area contributed by atoms with Crippen LogP contribution in [0.2, 0.25) is 5.82 Å². The summed E-state index contributed by atoms with van der Waals surface area (Å²) in [6, 6.07) is 9.24. The smallest absolute Gasteiger partial charge is 0.449 e. The topological polar surface area (TPSA) is 9.23 Å². The zero-order chi connectivity index (χ0) is 10.9. The van der Waals surface area contributed by atoms with Crippen molar-refractivity contribution in [2.24, 2.45) is 0 Å². The summed E-state index contributed by atoms with van der Waals surface area (Å²) in [7, 11) is 0. The Morgan fingerprint density at radius 2 is 1.81 bits per heavy atom. The molecule has 2 rings (SSSR count). The molecule has 1 fully saturated rings. The van der Waals surface area contributed by atoms with Crippen molar-refractivity contribution < 1.29 is 69.1 Å². The quantitative estimate of drug-likeness (QED) is 0.697. The summed E-state index contributed by atoms with van der Waals surface area (Å²) in [6.45, 7) is -4.43. The molecule has 0 bridgehead atoms. The summed E-state index contributed by atoms with van der Waals surface area (Å²) in [5.74, 6) is -1.19. The summed E-state index contributed by atoms with van der Waals surface area (Å²) in [6.07, 6.45) is -0.471. The van der Waals surface area contributed by atoms with Gasteiger partial charge in [0.25, 0.3) is 0 Å². The molecule has 0 aromatic heterocycles. The van der Waals surface area contributed by atoms with E-state index in [0.29, 0.717) is 0 Å². The number of hydrogen-bond donors (Lipinski definition) is 0. The molecular formula is C10H11BF3KO. The van der Waals surface area contributed by atoms with Gasteiger partial charge in [-0.2, -0.15) is 0 Å². The van der Waals surface area contributed by atoms with Gasteiger partial charge >= 0.3 is 58.4 Å². The predicted molar refractivity (Wildman–Crippen MR) is 52.5 cm³/mol. The minimum absolute atomic E-state index is 0. The number of ether oxygens (including phenoxy) is 1. The summed E-state index contributed by atoms with van der Waals surface area (Å²) in [4.78, 5) is 0. The largest absolute Gasteiger partial charge is 1.00 e. The molecule has 0 spiro atoms. The van der Waals surface area contributed by atoms with E-state index in [1.807, 2.05) is 30.3 Å². The van der Waals surface area contributed by atoms with Crippen LogP contribution in [-0.4, -0.2) is 13.1 Å². The van der Waals surface area contributed by atoms with Crippen molar-refractivity contribution in [3.63, 3.8) is 0 Å². The van der Waals surface area contributed by atoms with E-state index >= 15 is 0 Å².